The average Bonchev–Trinajstić information content (AvgIpc) is 3.20. The molecule has 1 heterocycles. The molecule has 5 nitrogen and oxygen atoms in total. The summed E-state index contributed by atoms with van der Waals surface area (Å²) in [6, 6.07) is 9.96. The van der Waals surface area contributed by atoms with Crippen molar-refractivity contribution < 1.29 is 9.59 Å². The number of urea groups is 1. The van der Waals surface area contributed by atoms with Crippen molar-refractivity contribution >= 4 is 11.9 Å². The molecule has 1 saturated heterocycles. The minimum atomic E-state index is -0.244. The number of amides is 3. The summed E-state index contributed by atoms with van der Waals surface area (Å²) in [5, 5.41) is 5.89. The van der Waals surface area contributed by atoms with E-state index in [4.69, 9.17) is 0 Å². The zero-order valence-electron chi connectivity index (χ0n) is 14.9. The third-order valence-electron chi connectivity index (χ3n) is 5.43. The Bertz CT molecular complexity index is 564. The predicted molar refractivity (Wildman–Crippen MR) is 98.1 cm³/mol. The number of carbonyl (C=O) groups excluding carboxylic acids is 2. The van der Waals surface area contributed by atoms with Gasteiger partial charge in [-0.3, -0.25) is 4.79 Å². The van der Waals surface area contributed by atoms with Gasteiger partial charge >= 0.3 is 6.03 Å². The summed E-state index contributed by atoms with van der Waals surface area (Å²) >= 11 is 0. The van der Waals surface area contributed by atoms with E-state index in [1.807, 2.05) is 23.1 Å². The minimum Gasteiger partial charge on any atom is -0.341 e. The first kappa shape index (κ1) is 17.8. The van der Waals surface area contributed by atoms with Gasteiger partial charge in [0, 0.05) is 13.1 Å². The SMILES string of the molecule is O=C(NCC(=O)N1CCCC1)N[C@H](c1ccccc1)C1CCCCC1. The molecule has 0 radical (unpaired) electrons. The lowest BCUT2D eigenvalue weighted by atomic mass is 9.81. The van der Waals surface area contributed by atoms with Crippen LogP contribution in [0, 0.1) is 5.92 Å². The van der Waals surface area contributed by atoms with Gasteiger partial charge in [-0.1, -0.05) is 49.6 Å². The maximum absolute atomic E-state index is 12.4. The Kier molecular flexibility index (Phi) is 6.31. The average molecular weight is 343 g/mol. The third-order valence-corrected chi connectivity index (χ3v) is 5.43. The van der Waals surface area contributed by atoms with Gasteiger partial charge in [-0.2, -0.15) is 0 Å². The van der Waals surface area contributed by atoms with Crippen LogP contribution in [-0.4, -0.2) is 36.5 Å². The van der Waals surface area contributed by atoms with Gasteiger partial charge in [-0.15, -0.1) is 0 Å². The Labute approximate surface area is 150 Å². The topological polar surface area (TPSA) is 61.4 Å². The molecule has 1 aromatic rings. The van der Waals surface area contributed by atoms with Gasteiger partial charge in [0.05, 0.1) is 12.6 Å². The lowest BCUT2D eigenvalue weighted by molar-refractivity contribution is -0.129. The second-order valence-corrected chi connectivity index (χ2v) is 7.20. The van der Waals surface area contributed by atoms with Crippen LogP contribution in [0.4, 0.5) is 4.79 Å². The molecule has 1 atom stereocenters. The van der Waals surface area contributed by atoms with E-state index in [2.05, 4.69) is 22.8 Å². The van der Waals surface area contributed by atoms with Crippen molar-refractivity contribution in [2.75, 3.05) is 19.6 Å². The van der Waals surface area contributed by atoms with Gasteiger partial charge in [0.1, 0.15) is 0 Å². The molecule has 136 valence electrons. The van der Waals surface area contributed by atoms with Crippen LogP contribution in [0.5, 0.6) is 0 Å². The van der Waals surface area contributed by atoms with Crippen LogP contribution in [0.1, 0.15) is 56.6 Å². The smallest absolute Gasteiger partial charge is 0.315 e. The molecular formula is C20H29N3O2. The van der Waals surface area contributed by atoms with Gasteiger partial charge in [-0.25, -0.2) is 4.79 Å². The maximum atomic E-state index is 12.4. The Balaban J connectivity index is 1.57. The van der Waals surface area contributed by atoms with Crippen LogP contribution >= 0.6 is 0 Å². The monoisotopic (exact) mass is 343 g/mol. The quantitative estimate of drug-likeness (QED) is 0.862. The highest BCUT2D eigenvalue weighted by molar-refractivity contribution is 5.84. The van der Waals surface area contributed by atoms with Gasteiger partial charge in [-0.05, 0) is 37.2 Å². The van der Waals surface area contributed by atoms with Crippen LogP contribution in [0.2, 0.25) is 0 Å². The second-order valence-electron chi connectivity index (χ2n) is 7.20. The number of carbonyl (C=O) groups is 2. The van der Waals surface area contributed by atoms with E-state index in [-0.39, 0.29) is 24.5 Å². The summed E-state index contributed by atoms with van der Waals surface area (Å²) < 4.78 is 0. The molecule has 3 amide bonds. The van der Waals surface area contributed by atoms with Crippen molar-refractivity contribution in [3.05, 3.63) is 35.9 Å². The molecule has 0 aromatic heterocycles. The fraction of sp³-hybridized carbons (Fsp3) is 0.600. The molecule has 3 rings (SSSR count). The molecular weight excluding hydrogens is 314 g/mol. The van der Waals surface area contributed by atoms with Crippen LogP contribution in [-0.2, 0) is 4.79 Å². The number of rotatable bonds is 5. The molecule has 1 aromatic carbocycles. The van der Waals surface area contributed by atoms with E-state index in [0.29, 0.717) is 5.92 Å². The summed E-state index contributed by atoms with van der Waals surface area (Å²) in [5.74, 6) is 0.484. The summed E-state index contributed by atoms with van der Waals surface area (Å²) in [6.07, 6.45) is 8.16. The molecule has 1 aliphatic heterocycles. The summed E-state index contributed by atoms with van der Waals surface area (Å²) in [7, 11) is 0. The van der Waals surface area contributed by atoms with Crippen molar-refractivity contribution in [1.29, 1.82) is 0 Å². The highest BCUT2D eigenvalue weighted by Crippen LogP contribution is 2.34. The summed E-state index contributed by atoms with van der Waals surface area (Å²) in [5.41, 5.74) is 1.15. The number of nitrogens with one attached hydrogen (secondary N) is 2. The Morgan fingerprint density at radius 3 is 2.36 bits per heavy atom. The number of hydrogen-bond acceptors (Lipinski definition) is 2. The van der Waals surface area contributed by atoms with Crippen molar-refractivity contribution in [2.45, 2.75) is 51.0 Å². The predicted octanol–water partition coefficient (Wildman–Crippen LogP) is 3.23. The lowest BCUT2D eigenvalue weighted by Gasteiger charge is -2.31. The minimum absolute atomic E-state index is 0.0153. The first-order chi connectivity index (χ1) is 12.2. The van der Waals surface area contributed by atoms with E-state index in [0.717, 1.165) is 44.3 Å². The van der Waals surface area contributed by atoms with Crippen LogP contribution in [0.25, 0.3) is 0 Å². The number of hydrogen-bond donors (Lipinski definition) is 2. The van der Waals surface area contributed by atoms with Gasteiger partial charge < -0.3 is 15.5 Å². The van der Waals surface area contributed by atoms with Crippen LogP contribution in [0.3, 0.4) is 0 Å². The van der Waals surface area contributed by atoms with E-state index < -0.39 is 0 Å². The molecule has 0 spiro atoms. The first-order valence-electron chi connectivity index (χ1n) is 9.61. The Morgan fingerprint density at radius 1 is 1.00 bits per heavy atom. The largest absolute Gasteiger partial charge is 0.341 e. The third kappa shape index (κ3) is 4.97. The van der Waals surface area contributed by atoms with Crippen molar-refractivity contribution in [3.63, 3.8) is 0 Å². The van der Waals surface area contributed by atoms with Gasteiger partial charge in [0.15, 0.2) is 0 Å². The summed E-state index contributed by atoms with van der Waals surface area (Å²) in [4.78, 5) is 26.3. The van der Waals surface area contributed by atoms with E-state index in [1.54, 1.807) is 0 Å². The van der Waals surface area contributed by atoms with E-state index in [1.165, 1.54) is 19.3 Å². The standard InChI is InChI=1S/C20H29N3O2/c24-18(23-13-7-8-14-23)15-21-20(25)22-19(16-9-3-1-4-10-16)17-11-5-2-6-12-17/h1,3-4,9-10,17,19H,2,5-8,11-15H2,(H2,21,22,25)/t19-/m1/s1. The molecule has 0 unspecified atom stereocenters. The first-order valence-corrected chi connectivity index (χ1v) is 9.61. The van der Waals surface area contributed by atoms with Crippen LogP contribution in [0.15, 0.2) is 30.3 Å². The number of likely N-dealkylation sites (tertiary alicyclic amines) is 1. The highest BCUT2D eigenvalue weighted by Gasteiger charge is 2.27. The van der Waals surface area contributed by atoms with E-state index >= 15 is 0 Å². The fourth-order valence-corrected chi connectivity index (χ4v) is 4.03. The van der Waals surface area contributed by atoms with E-state index in [9.17, 15) is 9.59 Å². The maximum Gasteiger partial charge on any atom is 0.315 e. The highest BCUT2D eigenvalue weighted by atomic mass is 16.2. The second kappa shape index (κ2) is 8.88. The molecule has 5 heteroatoms. The fourth-order valence-electron chi connectivity index (χ4n) is 4.03. The summed E-state index contributed by atoms with van der Waals surface area (Å²) in [6.45, 7) is 1.71. The lowest BCUT2D eigenvalue weighted by Crippen LogP contribution is -2.45. The van der Waals surface area contributed by atoms with Crippen molar-refractivity contribution in [1.82, 2.24) is 15.5 Å². The van der Waals surface area contributed by atoms with Crippen LogP contribution < -0.4 is 10.6 Å². The molecule has 2 fully saturated rings. The molecule has 2 N–H and O–H groups in total. The van der Waals surface area contributed by atoms with Gasteiger partial charge in [0.2, 0.25) is 5.91 Å². The zero-order chi connectivity index (χ0) is 17.5. The Morgan fingerprint density at radius 2 is 1.68 bits per heavy atom. The molecule has 1 saturated carbocycles. The molecule has 2 aliphatic rings. The Hall–Kier alpha value is -2.04. The molecule has 1 aliphatic carbocycles. The number of nitrogens with zero attached hydrogens (tertiary/aromatic N) is 1. The molecule has 25 heavy (non-hydrogen) atoms. The van der Waals surface area contributed by atoms with Gasteiger partial charge in [0.25, 0.3) is 0 Å². The van der Waals surface area contributed by atoms with Crippen molar-refractivity contribution in [2.24, 2.45) is 5.92 Å². The van der Waals surface area contributed by atoms with Crippen molar-refractivity contribution in [3.8, 4) is 0 Å². The molecule has 0 bridgehead atoms. The normalized spacial score (nSPS) is 19.4. The zero-order valence-corrected chi connectivity index (χ0v) is 14.9. The number of benzene rings is 1.